The molecule has 1 heterocycles. The van der Waals surface area contributed by atoms with Crippen molar-refractivity contribution in [3.63, 3.8) is 0 Å². The summed E-state index contributed by atoms with van der Waals surface area (Å²) in [5.74, 6) is -1.95. The standard InChI is InChI=1S/C33H41F3O4/c1-6-8-9-10-22-11-14-26(23(7-2)17-22)30-18-24-12-13-25(19-29(24)39-30)38-27-15-16-28(31(27)33(34,35)36)40-32(37)21(5)20(3)4/h11-14,17-21,27-28,31H,6-10,15-16H2,1-5H3. The number of carbonyl (C=O) groups excluding carboxylic acids is 1. The van der Waals surface area contributed by atoms with Gasteiger partial charge in [0.25, 0.3) is 0 Å². The summed E-state index contributed by atoms with van der Waals surface area (Å²) in [7, 11) is 0. The SMILES string of the molecule is CCCCCc1ccc(-c2cc3ccc(OC4CCC(OC(=O)C(C)C(C)C)C4C(F)(F)F)cc3o2)c(CC)c1. The Morgan fingerprint density at radius 2 is 1.75 bits per heavy atom. The second-order valence-corrected chi connectivity index (χ2v) is 11.4. The zero-order valence-electron chi connectivity index (χ0n) is 24.1. The number of fused-ring (bicyclic) bond motifs is 1. The number of aryl methyl sites for hydroxylation is 2. The van der Waals surface area contributed by atoms with Crippen LogP contribution >= 0.6 is 0 Å². The maximum absolute atomic E-state index is 14.1. The lowest BCUT2D eigenvalue weighted by molar-refractivity contribution is -0.217. The van der Waals surface area contributed by atoms with Gasteiger partial charge in [0.05, 0.1) is 5.92 Å². The van der Waals surface area contributed by atoms with Crippen molar-refractivity contribution in [1.82, 2.24) is 0 Å². The lowest BCUT2D eigenvalue weighted by atomic mass is 9.97. The number of alkyl halides is 3. The van der Waals surface area contributed by atoms with Crippen molar-refractivity contribution < 1.29 is 31.9 Å². The molecule has 4 nitrogen and oxygen atoms in total. The number of esters is 1. The molecule has 4 atom stereocenters. The number of furan rings is 1. The summed E-state index contributed by atoms with van der Waals surface area (Å²) in [6.45, 7) is 9.68. The summed E-state index contributed by atoms with van der Waals surface area (Å²) >= 11 is 0. The van der Waals surface area contributed by atoms with Gasteiger partial charge in [-0.05, 0) is 67.3 Å². The molecule has 1 aliphatic carbocycles. The minimum absolute atomic E-state index is 0.0210. The van der Waals surface area contributed by atoms with Crippen LogP contribution in [-0.4, -0.2) is 24.4 Å². The van der Waals surface area contributed by atoms with Gasteiger partial charge in [-0.2, -0.15) is 13.2 Å². The third-order valence-electron chi connectivity index (χ3n) is 8.22. The molecular formula is C33H41F3O4. The van der Waals surface area contributed by atoms with Crippen LogP contribution in [0.1, 0.15) is 77.8 Å². The van der Waals surface area contributed by atoms with Crippen LogP contribution in [0.15, 0.2) is 46.9 Å². The lowest BCUT2D eigenvalue weighted by Crippen LogP contribution is -2.42. The highest BCUT2D eigenvalue weighted by molar-refractivity contribution is 5.84. The quantitative estimate of drug-likeness (QED) is 0.174. The monoisotopic (exact) mass is 558 g/mol. The number of rotatable bonds is 11. The molecule has 2 aromatic carbocycles. The molecule has 4 rings (SSSR count). The molecule has 218 valence electrons. The number of carbonyl (C=O) groups is 1. The van der Waals surface area contributed by atoms with Crippen molar-refractivity contribution in [2.75, 3.05) is 0 Å². The predicted molar refractivity (Wildman–Crippen MR) is 151 cm³/mol. The summed E-state index contributed by atoms with van der Waals surface area (Å²) in [6.07, 6.45) is -1.23. The van der Waals surface area contributed by atoms with E-state index in [1.807, 2.05) is 26.0 Å². The minimum atomic E-state index is -4.56. The molecule has 1 aliphatic rings. The maximum atomic E-state index is 14.1. The van der Waals surface area contributed by atoms with Crippen molar-refractivity contribution in [3.8, 4) is 17.1 Å². The smallest absolute Gasteiger partial charge is 0.398 e. The van der Waals surface area contributed by atoms with E-state index in [-0.39, 0.29) is 18.8 Å². The molecule has 0 saturated heterocycles. The molecule has 1 aromatic heterocycles. The Labute approximate surface area is 235 Å². The minimum Gasteiger partial charge on any atom is -0.489 e. The van der Waals surface area contributed by atoms with Crippen molar-refractivity contribution >= 4 is 16.9 Å². The average Bonchev–Trinajstić information content (AvgIpc) is 3.51. The molecular weight excluding hydrogens is 517 g/mol. The van der Waals surface area contributed by atoms with E-state index in [1.165, 1.54) is 30.4 Å². The molecule has 1 saturated carbocycles. The third kappa shape index (κ3) is 6.84. The zero-order chi connectivity index (χ0) is 29.0. The van der Waals surface area contributed by atoms with E-state index in [1.54, 1.807) is 19.1 Å². The van der Waals surface area contributed by atoms with Gasteiger partial charge in [0, 0.05) is 17.0 Å². The maximum Gasteiger partial charge on any atom is 0.398 e. The second-order valence-electron chi connectivity index (χ2n) is 11.4. The first-order valence-electron chi connectivity index (χ1n) is 14.6. The molecule has 40 heavy (non-hydrogen) atoms. The first-order valence-corrected chi connectivity index (χ1v) is 14.6. The molecule has 0 N–H and O–H groups in total. The van der Waals surface area contributed by atoms with Crippen molar-refractivity contribution in [2.24, 2.45) is 17.8 Å². The number of ether oxygens (including phenoxy) is 2. The Balaban J connectivity index is 1.52. The van der Waals surface area contributed by atoms with Crippen LogP contribution in [0.3, 0.4) is 0 Å². The van der Waals surface area contributed by atoms with Gasteiger partial charge in [-0.15, -0.1) is 0 Å². The summed E-state index contributed by atoms with van der Waals surface area (Å²) in [6, 6.07) is 13.6. The third-order valence-corrected chi connectivity index (χ3v) is 8.22. The summed E-state index contributed by atoms with van der Waals surface area (Å²) in [4.78, 5) is 12.4. The Hall–Kier alpha value is -2.96. The van der Waals surface area contributed by atoms with E-state index in [0.29, 0.717) is 11.3 Å². The second kappa shape index (κ2) is 12.7. The number of halogens is 3. The van der Waals surface area contributed by atoms with Gasteiger partial charge in [0.1, 0.15) is 35.2 Å². The normalized spacial score (nSPS) is 20.3. The van der Waals surface area contributed by atoms with Gasteiger partial charge in [-0.3, -0.25) is 4.79 Å². The van der Waals surface area contributed by atoms with Crippen LogP contribution < -0.4 is 4.74 Å². The van der Waals surface area contributed by atoms with Gasteiger partial charge >= 0.3 is 12.1 Å². The summed E-state index contributed by atoms with van der Waals surface area (Å²) < 4.78 is 59.8. The van der Waals surface area contributed by atoms with Crippen molar-refractivity contribution in [2.45, 2.75) is 97.9 Å². The number of hydrogen-bond donors (Lipinski definition) is 0. The molecule has 7 heteroatoms. The van der Waals surface area contributed by atoms with E-state index in [4.69, 9.17) is 13.9 Å². The summed E-state index contributed by atoms with van der Waals surface area (Å²) in [5, 5.41) is 0.852. The van der Waals surface area contributed by atoms with E-state index >= 15 is 0 Å². The van der Waals surface area contributed by atoms with Gasteiger partial charge in [-0.1, -0.05) is 65.7 Å². The highest BCUT2D eigenvalue weighted by Gasteiger charge is 2.56. The van der Waals surface area contributed by atoms with Crippen LogP contribution in [0, 0.1) is 17.8 Å². The Bertz CT molecular complexity index is 1290. The Kier molecular flexibility index (Phi) is 9.52. The fourth-order valence-corrected chi connectivity index (χ4v) is 5.45. The van der Waals surface area contributed by atoms with Crippen LogP contribution in [0.4, 0.5) is 13.2 Å². The van der Waals surface area contributed by atoms with Crippen LogP contribution in [0.2, 0.25) is 0 Å². The first kappa shape index (κ1) is 30.0. The largest absolute Gasteiger partial charge is 0.489 e. The van der Waals surface area contributed by atoms with Gasteiger partial charge in [0.2, 0.25) is 0 Å². The average molecular weight is 559 g/mol. The first-order chi connectivity index (χ1) is 19.0. The van der Waals surface area contributed by atoms with Crippen molar-refractivity contribution in [3.05, 3.63) is 53.6 Å². The van der Waals surface area contributed by atoms with Crippen LogP contribution in [0.25, 0.3) is 22.3 Å². The fourth-order valence-electron chi connectivity index (χ4n) is 5.45. The molecule has 0 bridgehead atoms. The van der Waals surface area contributed by atoms with Crippen molar-refractivity contribution in [1.29, 1.82) is 0 Å². The van der Waals surface area contributed by atoms with E-state index < -0.39 is 36.2 Å². The topological polar surface area (TPSA) is 48.7 Å². The van der Waals surface area contributed by atoms with Crippen LogP contribution in [-0.2, 0) is 22.4 Å². The molecule has 0 spiro atoms. The lowest BCUT2D eigenvalue weighted by Gasteiger charge is -2.28. The summed E-state index contributed by atoms with van der Waals surface area (Å²) in [5.41, 5.74) is 4.10. The molecule has 0 amide bonds. The Morgan fingerprint density at radius 3 is 2.42 bits per heavy atom. The highest BCUT2D eigenvalue weighted by atomic mass is 19.4. The molecule has 0 radical (unpaired) electrons. The predicted octanol–water partition coefficient (Wildman–Crippen LogP) is 9.32. The van der Waals surface area contributed by atoms with E-state index in [0.717, 1.165) is 29.6 Å². The highest BCUT2D eigenvalue weighted by Crippen LogP contribution is 2.43. The number of hydrogen-bond acceptors (Lipinski definition) is 4. The molecule has 3 aromatic rings. The Morgan fingerprint density at radius 1 is 1.00 bits per heavy atom. The van der Waals surface area contributed by atoms with E-state index in [9.17, 15) is 18.0 Å². The number of unbranched alkanes of at least 4 members (excludes halogenated alkanes) is 2. The molecule has 4 unspecified atom stereocenters. The zero-order valence-corrected chi connectivity index (χ0v) is 24.1. The number of benzene rings is 2. The molecule has 1 fully saturated rings. The molecule has 0 aliphatic heterocycles. The van der Waals surface area contributed by atoms with Gasteiger partial charge < -0.3 is 13.9 Å². The van der Waals surface area contributed by atoms with Gasteiger partial charge in [-0.25, -0.2) is 0 Å². The van der Waals surface area contributed by atoms with Gasteiger partial charge in [0.15, 0.2) is 0 Å². The van der Waals surface area contributed by atoms with Crippen LogP contribution in [0.5, 0.6) is 5.75 Å². The van der Waals surface area contributed by atoms with E-state index in [2.05, 4.69) is 32.0 Å². The fraction of sp³-hybridized carbons (Fsp3) is 0.545.